The second kappa shape index (κ2) is 11.9. The van der Waals surface area contributed by atoms with Gasteiger partial charge in [-0.1, -0.05) is 43.3 Å². The Labute approximate surface area is 228 Å². The zero-order valence-electron chi connectivity index (χ0n) is 21.0. The number of benzene rings is 2. The van der Waals surface area contributed by atoms with Crippen molar-refractivity contribution in [1.29, 1.82) is 0 Å². The summed E-state index contributed by atoms with van der Waals surface area (Å²) < 4.78 is 18.1. The summed E-state index contributed by atoms with van der Waals surface area (Å²) in [5.41, 5.74) is 2.33. The topological polar surface area (TPSA) is 104 Å². The quantitative estimate of drug-likeness (QED) is 0.137. The van der Waals surface area contributed by atoms with Crippen LogP contribution in [0.2, 0.25) is 0 Å². The summed E-state index contributed by atoms with van der Waals surface area (Å²) in [5, 5.41) is 9.25. The Hall–Kier alpha value is -3.18. The van der Waals surface area contributed by atoms with Crippen LogP contribution in [-0.4, -0.2) is 39.4 Å². The minimum Gasteiger partial charge on any atom is -0.490 e. The third-order valence-corrected chi connectivity index (χ3v) is 6.96. The standard InChI is InChI=1S/C26H27BrN4O5S/c1-5-7-12-37-26-28-24-22(29-30-26)18-10-8-9-11-20(18)31(15(3)32)25(36-24)17-13-19(27)23(35-16(4)33)21(14-17)34-6-2/h8-11,13-14,25H,5-7,12H2,1-4H3. The summed E-state index contributed by atoms with van der Waals surface area (Å²) >= 11 is 5.00. The Balaban J connectivity index is 1.88. The van der Waals surface area contributed by atoms with Crippen molar-refractivity contribution in [2.75, 3.05) is 17.3 Å². The fraction of sp³-hybridized carbons (Fsp3) is 0.346. The molecule has 4 rings (SSSR count). The van der Waals surface area contributed by atoms with E-state index in [4.69, 9.17) is 14.2 Å². The van der Waals surface area contributed by atoms with E-state index in [1.165, 1.54) is 25.6 Å². The van der Waals surface area contributed by atoms with Crippen molar-refractivity contribution >= 4 is 45.3 Å². The minimum absolute atomic E-state index is 0.242. The normalized spacial score (nSPS) is 14.2. The van der Waals surface area contributed by atoms with Gasteiger partial charge in [0, 0.05) is 30.7 Å². The van der Waals surface area contributed by atoms with Crippen molar-refractivity contribution in [3.05, 3.63) is 46.4 Å². The summed E-state index contributed by atoms with van der Waals surface area (Å²) in [6.07, 6.45) is 1.18. The molecule has 1 aliphatic heterocycles. The number of carbonyl (C=O) groups is 2. The van der Waals surface area contributed by atoms with Crippen molar-refractivity contribution in [2.24, 2.45) is 0 Å². The molecule has 0 spiro atoms. The number of unbranched alkanes of at least 4 members (excludes halogenated alkanes) is 1. The number of fused-ring (bicyclic) bond motifs is 3. The van der Waals surface area contributed by atoms with Crippen LogP contribution in [0, 0.1) is 0 Å². The minimum atomic E-state index is -0.910. The lowest BCUT2D eigenvalue weighted by atomic mass is 10.1. The lowest BCUT2D eigenvalue weighted by Gasteiger charge is -2.30. The third kappa shape index (κ3) is 5.88. The van der Waals surface area contributed by atoms with Gasteiger partial charge in [0.05, 0.1) is 16.8 Å². The molecule has 2 aromatic carbocycles. The Morgan fingerprint density at radius 3 is 2.65 bits per heavy atom. The number of carbonyl (C=O) groups excluding carboxylic acids is 2. The van der Waals surface area contributed by atoms with Gasteiger partial charge in [-0.2, -0.15) is 4.98 Å². The van der Waals surface area contributed by atoms with E-state index >= 15 is 0 Å². The number of hydrogen-bond donors (Lipinski definition) is 0. The van der Waals surface area contributed by atoms with Crippen LogP contribution in [0.1, 0.15) is 52.3 Å². The maximum absolute atomic E-state index is 13.1. The molecule has 1 atom stereocenters. The van der Waals surface area contributed by atoms with Crippen molar-refractivity contribution < 1.29 is 23.8 Å². The van der Waals surface area contributed by atoms with E-state index in [-0.39, 0.29) is 17.5 Å². The van der Waals surface area contributed by atoms with Crippen LogP contribution in [0.25, 0.3) is 11.3 Å². The molecule has 1 amide bonds. The molecule has 1 aromatic heterocycles. The largest absolute Gasteiger partial charge is 0.490 e. The average Bonchev–Trinajstić information content (AvgIpc) is 3.00. The van der Waals surface area contributed by atoms with Gasteiger partial charge in [0.2, 0.25) is 23.2 Å². The Bertz CT molecular complexity index is 1320. The van der Waals surface area contributed by atoms with E-state index in [0.717, 1.165) is 18.6 Å². The number of para-hydroxylation sites is 1. The number of hydrogen-bond acceptors (Lipinski definition) is 9. The lowest BCUT2D eigenvalue weighted by Crippen LogP contribution is -2.36. The maximum atomic E-state index is 13.1. The van der Waals surface area contributed by atoms with Crippen LogP contribution in [0.3, 0.4) is 0 Å². The van der Waals surface area contributed by atoms with Crippen molar-refractivity contribution in [3.63, 3.8) is 0 Å². The summed E-state index contributed by atoms with van der Waals surface area (Å²) in [6.45, 7) is 7.08. The number of rotatable bonds is 8. The van der Waals surface area contributed by atoms with Gasteiger partial charge < -0.3 is 14.2 Å². The molecule has 3 aromatic rings. The van der Waals surface area contributed by atoms with E-state index < -0.39 is 12.2 Å². The molecular weight excluding hydrogens is 560 g/mol. The van der Waals surface area contributed by atoms with Gasteiger partial charge in [-0.25, -0.2) is 0 Å². The van der Waals surface area contributed by atoms with Gasteiger partial charge in [0.1, 0.15) is 0 Å². The Kier molecular flexibility index (Phi) is 8.65. The predicted molar refractivity (Wildman–Crippen MR) is 144 cm³/mol. The van der Waals surface area contributed by atoms with Gasteiger partial charge in [-0.05, 0) is 47.5 Å². The number of amides is 1. The first-order valence-electron chi connectivity index (χ1n) is 11.9. The zero-order valence-corrected chi connectivity index (χ0v) is 23.4. The fourth-order valence-corrected chi connectivity index (χ4v) is 5.28. The molecule has 11 heteroatoms. The molecule has 1 aliphatic rings. The van der Waals surface area contributed by atoms with E-state index in [9.17, 15) is 9.59 Å². The Morgan fingerprint density at radius 1 is 1.16 bits per heavy atom. The van der Waals surface area contributed by atoms with Crippen LogP contribution in [0.4, 0.5) is 5.69 Å². The smallest absolute Gasteiger partial charge is 0.308 e. The highest BCUT2D eigenvalue weighted by atomic mass is 79.9. The summed E-state index contributed by atoms with van der Waals surface area (Å²) in [7, 11) is 0. The zero-order chi connectivity index (χ0) is 26.5. The SMILES string of the molecule is CCCCSc1nnc2c(n1)OC(c1cc(Br)c(OC(C)=O)c(OCC)c1)N(C(C)=O)c1ccccc1-2. The van der Waals surface area contributed by atoms with E-state index in [1.807, 2.05) is 31.2 Å². The van der Waals surface area contributed by atoms with Gasteiger partial charge in [-0.3, -0.25) is 14.5 Å². The van der Waals surface area contributed by atoms with Crippen molar-refractivity contribution in [2.45, 2.75) is 51.9 Å². The molecule has 1 unspecified atom stereocenters. The number of halogens is 1. The van der Waals surface area contributed by atoms with Crippen molar-refractivity contribution in [3.8, 4) is 28.6 Å². The lowest BCUT2D eigenvalue weighted by molar-refractivity contribution is -0.132. The molecule has 0 radical (unpaired) electrons. The predicted octanol–water partition coefficient (Wildman–Crippen LogP) is 5.96. The number of thioether (sulfide) groups is 1. The van der Waals surface area contributed by atoms with E-state index in [0.29, 0.717) is 44.5 Å². The first-order valence-corrected chi connectivity index (χ1v) is 13.7. The molecule has 194 valence electrons. The van der Waals surface area contributed by atoms with Gasteiger partial charge in [0.15, 0.2) is 17.2 Å². The number of esters is 1. The van der Waals surface area contributed by atoms with Crippen LogP contribution < -0.4 is 19.1 Å². The second-order valence-corrected chi connectivity index (χ2v) is 10.1. The first-order chi connectivity index (χ1) is 17.8. The van der Waals surface area contributed by atoms with E-state index in [2.05, 4.69) is 38.0 Å². The highest BCUT2D eigenvalue weighted by Gasteiger charge is 2.35. The van der Waals surface area contributed by atoms with Gasteiger partial charge in [0.25, 0.3) is 0 Å². The van der Waals surface area contributed by atoms with Crippen molar-refractivity contribution in [1.82, 2.24) is 15.2 Å². The average molecular weight is 587 g/mol. The highest BCUT2D eigenvalue weighted by Crippen LogP contribution is 2.46. The molecule has 0 N–H and O–H groups in total. The summed E-state index contributed by atoms with van der Waals surface area (Å²) in [5.74, 6) is 0.995. The number of nitrogens with zero attached hydrogens (tertiary/aromatic N) is 4. The van der Waals surface area contributed by atoms with Crippen LogP contribution >= 0.6 is 27.7 Å². The molecule has 0 saturated carbocycles. The molecule has 9 nitrogen and oxygen atoms in total. The van der Waals surface area contributed by atoms with Crippen LogP contribution in [0.5, 0.6) is 17.4 Å². The summed E-state index contributed by atoms with van der Waals surface area (Å²) in [4.78, 5) is 31.0. The molecule has 0 aliphatic carbocycles. The number of anilines is 1. The monoisotopic (exact) mass is 586 g/mol. The molecule has 0 fully saturated rings. The molecule has 0 saturated heterocycles. The number of ether oxygens (including phenoxy) is 3. The number of aromatic nitrogens is 3. The molecular formula is C26H27BrN4O5S. The third-order valence-electron chi connectivity index (χ3n) is 5.44. The maximum Gasteiger partial charge on any atom is 0.308 e. The highest BCUT2D eigenvalue weighted by molar-refractivity contribution is 9.10. The fourth-order valence-electron chi connectivity index (χ4n) is 3.87. The van der Waals surface area contributed by atoms with Crippen LogP contribution in [0.15, 0.2) is 46.0 Å². The van der Waals surface area contributed by atoms with Crippen LogP contribution in [-0.2, 0) is 9.59 Å². The first kappa shape index (κ1) is 26.9. The molecule has 0 bridgehead atoms. The molecule has 2 heterocycles. The van der Waals surface area contributed by atoms with E-state index in [1.54, 1.807) is 17.0 Å². The summed E-state index contributed by atoms with van der Waals surface area (Å²) in [6, 6.07) is 10.8. The van der Waals surface area contributed by atoms with Gasteiger partial charge in [-0.15, -0.1) is 10.2 Å². The molecule has 37 heavy (non-hydrogen) atoms. The Morgan fingerprint density at radius 2 is 1.95 bits per heavy atom. The van der Waals surface area contributed by atoms with Gasteiger partial charge >= 0.3 is 5.97 Å². The second-order valence-electron chi connectivity index (χ2n) is 8.18.